The van der Waals surface area contributed by atoms with Crippen LogP contribution in [0.1, 0.15) is 51.4 Å². The van der Waals surface area contributed by atoms with Crippen LogP contribution in [0.15, 0.2) is 65.6 Å². The van der Waals surface area contributed by atoms with Crippen molar-refractivity contribution in [3.8, 4) is 0 Å². The number of aliphatic hydroxyl groups is 3. The van der Waals surface area contributed by atoms with E-state index in [-0.39, 0.29) is 5.56 Å². The lowest BCUT2D eigenvalue weighted by Gasteiger charge is -2.48. The molecule has 2 aromatic rings. The Morgan fingerprint density at radius 2 is 1.43 bits per heavy atom. The summed E-state index contributed by atoms with van der Waals surface area (Å²) in [7, 11) is 0. The summed E-state index contributed by atoms with van der Waals surface area (Å²) >= 11 is 0.948. The Kier molecular flexibility index (Phi) is 16.1. The Morgan fingerprint density at radius 1 is 0.810 bits per heavy atom. The zero-order chi connectivity index (χ0) is 42.7. The standard InChI is InChI=1S/C38H45NO18S/c1-19(40)39-29-26(52-21(3)42)16-38(49,57-33(29)32(54-23(5)44)28(53-22(4)43)18-50-20(2)41)37(48)56-34-31(46)30(45)27(17-51-35(47)24-12-8-6-9-13-24)55-36(34)58-25-14-10-7-11-15-25/h6-15,26-34,36,45-46,49H,16-18H2,1-5H3,(H,39,40)/t26-,27+,28+,29+,30-,31-,32+,33+,34+,36-,38-/m0/s1. The number of carbonyl (C=O) groups is 7. The molecule has 4 rings (SSSR count). The first-order valence-electron chi connectivity index (χ1n) is 17.9. The SMILES string of the molecule is CC(=O)N[C@H]1[C@H]([C@H](OC(C)=O)[C@@H](COC(C)=O)OC(C)=O)O[C@](O)(C(=O)O[C@@H]2[C@@H](O)[C@@H](O)[C@@H](COC(=O)c3ccccc3)O[C@H]2Sc2ccccc2)C[C@@H]1OC(C)=O. The van der Waals surface area contributed by atoms with Gasteiger partial charge in [0.2, 0.25) is 5.91 Å². The van der Waals surface area contributed by atoms with Gasteiger partial charge in [-0.15, -0.1) is 0 Å². The minimum absolute atomic E-state index is 0.212. The molecule has 2 aliphatic rings. The molecule has 2 fully saturated rings. The largest absolute Gasteiger partial charge is 0.462 e. The van der Waals surface area contributed by atoms with Gasteiger partial charge in [-0.1, -0.05) is 48.2 Å². The molecule has 0 aliphatic carbocycles. The van der Waals surface area contributed by atoms with E-state index in [0.717, 1.165) is 46.4 Å². The van der Waals surface area contributed by atoms with Gasteiger partial charge in [0.1, 0.15) is 49.2 Å². The van der Waals surface area contributed by atoms with E-state index in [1.165, 1.54) is 12.1 Å². The van der Waals surface area contributed by atoms with Crippen LogP contribution in [-0.2, 0) is 66.7 Å². The lowest BCUT2D eigenvalue weighted by molar-refractivity contribution is -0.307. The number of thioether (sulfide) groups is 1. The van der Waals surface area contributed by atoms with E-state index in [1.807, 2.05) is 0 Å². The highest BCUT2D eigenvalue weighted by atomic mass is 32.2. The van der Waals surface area contributed by atoms with Crippen molar-refractivity contribution < 1.29 is 86.8 Å². The van der Waals surface area contributed by atoms with Gasteiger partial charge in [0, 0.05) is 39.5 Å². The number of benzene rings is 2. The van der Waals surface area contributed by atoms with Crippen molar-refractivity contribution in [1.29, 1.82) is 0 Å². The average molecular weight is 836 g/mol. The maximum Gasteiger partial charge on any atom is 0.367 e. The van der Waals surface area contributed by atoms with Crippen LogP contribution in [0.4, 0.5) is 0 Å². The van der Waals surface area contributed by atoms with Crippen molar-refractivity contribution in [3.05, 3.63) is 66.2 Å². The summed E-state index contributed by atoms with van der Waals surface area (Å²) in [6.07, 6.45) is -14.9. The van der Waals surface area contributed by atoms with Gasteiger partial charge in [-0.3, -0.25) is 24.0 Å². The van der Waals surface area contributed by atoms with Gasteiger partial charge in [0.25, 0.3) is 5.79 Å². The molecule has 0 unspecified atom stereocenters. The van der Waals surface area contributed by atoms with Crippen LogP contribution in [0.5, 0.6) is 0 Å². The third kappa shape index (κ3) is 12.4. The van der Waals surface area contributed by atoms with Crippen LogP contribution < -0.4 is 5.32 Å². The highest BCUT2D eigenvalue weighted by molar-refractivity contribution is 7.99. The number of hydrogen-bond acceptors (Lipinski definition) is 19. The fraction of sp³-hybridized carbons (Fsp3) is 0.500. The Morgan fingerprint density at radius 3 is 2.00 bits per heavy atom. The number of aliphatic hydroxyl groups excluding tert-OH is 2. The molecule has 2 saturated heterocycles. The smallest absolute Gasteiger partial charge is 0.367 e. The molecule has 0 saturated carbocycles. The number of ether oxygens (including phenoxy) is 8. The molecule has 20 heteroatoms. The fourth-order valence-electron chi connectivity index (χ4n) is 6.18. The zero-order valence-corrected chi connectivity index (χ0v) is 32.9. The molecular weight excluding hydrogens is 790 g/mol. The van der Waals surface area contributed by atoms with E-state index < -0.39 is 127 Å². The van der Waals surface area contributed by atoms with Crippen LogP contribution in [0, 0.1) is 0 Å². The fourth-order valence-corrected chi connectivity index (χ4v) is 7.31. The average Bonchev–Trinajstić information content (AvgIpc) is 3.15. The molecule has 11 atom stereocenters. The van der Waals surface area contributed by atoms with Gasteiger partial charge in [-0.05, 0) is 24.3 Å². The summed E-state index contributed by atoms with van der Waals surface area (Å²) in [5.41, 5.74) is -1.13. The van der Waals surface area contributed by atoms with Gasteiger partial charge in [0.05, 0.1) is 18.0 Å². The molecule has 2 aliphatic heterocycles. The molecule has 19 nitrogen and oxygen atoms in total. The van der Waals surface area contributed by atoms with Crippen LogP contribution in [0.25, 0.3) is 0 Å². The highest BCUT2D eigenvalue weighted by Crippen LogP contribution is 2.39. The van der Waals surface area contributed by atoms with Gasteiger partial charge < -0.3 is 58.5 Å². The first kappa shape index (κ1) is 45.6. The van der Waals surface area contributed by atoms with Gasteiger partial charge >= 0.3 is 35.8 Å². The van der Waals surface area contributed by atoms with Crippen molar-refractivity contribution in [2.24, 2.45) is 0 Å². The molecule has 1 amide bonds. The second-order valence-corrected chi connectivity index (χ2v) is 14.4. The van der Waals surface area contributed by atoms with Crippen LogP contribution >= 0.6 is 11.8 Å². The van der Waals surface area contributed by atoms with E-state index in [9.17, 15) is 48.9 Å². The maximum atomic E-state index is 14.2. The summed E-state index contributed by atoms with van der Waals surface area (Å²) < 4.78 is 44.2. The van der Waals surface area contributed by atoms with E-state index >= 15 is 0 Å². The molecule has 2 aromatic carbocycles. The maximum absolute atomic E-state index is 14.2. The number of rotatable bonds is 15. The summed E-state index contributed by atoms with van der Waals surface area (Å²) in [4.78, 5) is 88.7. The number of carbonyl (C=O) groups excluding carboxylic acids is 7. The quantitative estimate of drug-likeness (QED) is 0.139. The van der Waals surface area contributed by atoms with E-state index in [4.69, 9.17) is 37.9 Å². The van der Waals surface area contributed by atoms with Crippen molar-refractivity contribution >= 4 is 53.5 Å². The Balaban J connectivity index is 1.70. The number of hydrogen-bond donors (Lipinski definition) is 4. The predicted octanol–water partition coefficient (Wildman–Crippen LogP) is 0.335. The summed E-state index contributed by atoms with van der Waals surface area (Å²) in [6, 6.07) is 14.9. The van der Waals surface area contributed by atoms with Gasteiger partial charge in [0.15, 0.2) is 18.3 Å². The molecule has 58 heavy (non-hydrogen) atoms. The molecule has 2 heterocycles. The lowest BCUT2D eigenvalue weighted by atomic mass is 9.88. The minimum atomic E-state index is -3.16. The van der Waals surface area contributed by atoms with Gasteiger partial charge in [-0.2, -0.15) is 0 Å². The van der Waals surface area contributed by atoms with Gasteiger partial charge in [-0.25, -0.2) is 9.59 Å². The first-order valence-corrected chi connectivity index (χ1v) is 18.7. The molecule has 4 N–H and O–H groups in total. The summed E-state index contributed by atoms with van der Waals surface area (Å²) in [6.45, 7) is 3.78. The third-order valence-electron chi connectivity index (χ3n) is 8.60. The second-order valence-electron chi connectivity index (χ2n) is 13.3. The Labute approximate surface area is 336 Å². The van der Waals surface area contributed by atoms with Crippen LogP contribution in [0.3, 0.4) is 0 Å². The van der Waals surface area contributed by atoms with Crippen molar-refractivity contribution in [3.63, 3.8) is 0 Å². The summed E-state index contributed by atoms with van der Waals surface area (Å²) in [5.74, 6) is -10.0. The van der Waals surface area contributed by atoms with E-state index in [0.29, 0.717) is 4.90 Å². The summed E-state index contributed by atoms with van der Waals surface area (Å²) in [5, 5.41) is 37.1. The highest BCUT2D eigenvalue weighted by Gasteiger charge is 2.59. The van der Waals surface area contributed by atoms with E-state index in [2.05, 4.69) is 5.32 Å². The molecule has 0 aromatic heterocycles. The molecule has 0 spiro atoms. The third-order valence-corrected chi connectivity index (χ3v) is 9.76. The normalized spacial score (nSPS) is 27.7. The number of amides is 1. The van der Waals surface area contributed by atoms with Crippen LogP contribution in [-0.4, -0.2) is 136 Å². The predicted molar refractivity (Wildman–Crippen MR) is 195 cm³/mol. The van der Waals surface area contributed by atoms with Crippen molar-refractivity contribution in [2.45, 2.75) is 112 Å². The topological polar surface area (TPSA) is 266 Å². The molecule has 316 valence electrons. The Bertz CT molecular complexity index is 1780. The second kappa shape index (κ2) is 20.5. The molecular formula is C38H45NO18S. The molecule has 0 radical (unpaired) electrons. The minimum Gasteiger partial charge on any atom is -0.462 e. The zero-order valence-electron chi connectivity index (χ0n) is 32.0. The lowest BCUT2D eigenvalue weighted by Crippen LogP contribution is -2.69. The van der Waals surface area contributed by atoms with E-state index in [1.54, 1.807) is 48.5 Å². The van der Waals surface area contributed by atoms with Crippen molar-refractivity contribution in [1.82, 2.24) is 5.32 Å². The van der Waals surface area contributed by atoms with Crippen molar-refractivity contribution in [2.75, 3.05) is 13.2 Å². The first-order chi connectivity index (χ1) is 27.4. The monoisotopic (exact) mass is 835 g/mol. The number of nitrogens with one attached hydrogen (secondary N) is 1. The Hall–Kier alpha value is -5.12. The molecule has 0 bridgehead atoms. The number of esters is 6. The van der Waals surface area contributed by atoms with Crippen LogP contribution in [0.2, 0.25) is 0 Å².